The molecule has 0 radical (unpaired) electrons. The summed E-state index contributed by atoms with van der Waals surface area (Å²) in [7, 11) is 0. The van der Waals surface area contributed by atoms with Gasteiger partial charge in [-0.25, -0.2) is 0 Å². The molecule has 4 rings (SSSR count). The Kier molecular flexibility index (Phi) is 8.15. The van der Waals surface area contributed by atoms with Crippen LogP contribution in [0.1, 0.15) is 27.2 Å². The molecule has 0 atom stereocenters. The van der Waals surface area contributed by atoms with Crippen LogP contribution in [0.15, 0.2) is 60.7 Å². The van der Waals surface area contributed by atoms with E-state index in [-0.39, 0.29) is 12.5 Å². The summed E-state index contributed by atoms with van der Waals surface area (Å²) >= 11 is 30.8. The number of nitrogens with one attached hydrogen (secondary N) is 1. The molecule has 0 bridgehead atoms. The van der Waals surface area contributed by atoms with Crippen molar-refractivity contribution in [1.29, 1.82) is 0 Å². The highest BCUT2D eigenvalue weighted by atomic mass is 35.5. The summed E-state index contributed by atoms with van der Waals surface area (Å²) in [4.78, 5) is 12.9. The van der Waals surface area contributed by atoms with Gasteiger partial charge in [-0.1, -0.05) is 76.2 Å². The van der Waals surface area contributed by atoms with Crippen molar-refractivity contribution in [2.45, 2.75) is 20.1 Å². The van der Waals surface area contributed by atoms with Crippen molar-refractivity contribution in [3.63, 3.8) is 0 Å². The molecule has 0 saturated carbocycles. The standard InChI is InChI=1S/C25H18Cl5N3O2/c1-14-8-23(32-33(14)12-18-19(27)6-3-7-20(18)28)31-25(34)16-5-2-4-15(9-16)13-35-24-21(29)10-17(26)11-22(24)30/h2-11H,12-13H2,1H3,(H,31,32,34). The first kappa shape index (κ1) is 25.7. The van der Waals surface area contributed by atoms with Crippen molar-refractivity contribution in [2.24, 2.45) is 0 Å². The molecule has 1 amide bonds. The summed E-state index contributed by atoms with van der Waals surface area (Å²) in [5, 5.41) is 9.44. The molecule has 0 aliphatic carbocycles. The first-order valence-electron chi connectivity index (χ1n) is 10.4. The van der Waals surface area contributed by atoms with Crippen LogP contribution in [0.2, 0.25) is 25.1 Å². The highest BCUT2D eigenvalue weighted by Crippen LogP contribution is 2.36. The Morgan fingerprint density at radius 1 is 0.914 bits per heavy atom. The minimum Gasteiger partial charge on any atom is -0.486 e. The molecule has 5 nitrogen and oxygen atoms in total. The van der Waals surface area contributed by atoms with Crippen LogP contribution in [0.3, 0.4) is 0 Å². The second kappa shape index (κ2) is 11.1. The zero-order chi connectivity index (χ0) is 25.1. The third-order valence-electron chi connectivity index (χ3n) is 5.13. The van der Waals surface area contributed by atoms with Gasteiger partial charge in [-0.3, -0.25) is 9.48 Å². The Morgan fingerprint density at radius 2 is 1.57 bits per heavy atom. The van der Waals surface area contributed by atoms with E-state index in [9.17, 15) is 4.79 Å². The monoisotopic (exact) mass is 567 g/mol. The Labute approximate surface area is 227 Å². The number of nitrogens with zero attached hydrogens (tertiary/aromatic N) is 2. The van der Waals surface area contributed by atoms with E-state index in [4.69, 9.17) is 62.7 Å². The molecular formula is C25H18Cl5N3O2. The lowest BCUT2D eigenvalue weighted by Gasteiger charge is -2.11. The van der Waals surface area contributed by atoms with Gasteiger partial charge in [0.1, 0.15) is 6.61 Å². The SMILES string of the molecule is Cc1cc(NC(=O)c2cccc(COc3c(Cl)cc(Cl)cc3Cl)c2)nn1Cc1c(Cl)cccc1Cl. The van der Waals surface area contributed by atoms with E-state index in [1.165, 1.54) is 0 Å². The molecule has 0 aliphatic heterocycles. The predicted octanol–water partition coefficient (Wildman–Crippen LogP) is 8.34. The van der Waals surface area contributed by atoms with Gasteiger partial charge >= 0.3 is 0 Å². The molecule has 180 valence electrons. The Bertz CT molecular complexity index is 1360. The van der Waals surface area contributed by atoms with E-state index in [1.807, 2.05) is 13.0 Å². The van der Waals surface area contributed by atoms with Crippen LogP contribution in [0.5, 0.6) is 5.75 Å². The summed E-state index contributed by atoms with van der Waals surface area (Å²) in [6, 6.07) is 17.2. The van der Waals surface area contributed by atoms with Gasteiger partial charge in [0.15, 0.2) is 11.6 Å². The van der Waals surface area contributed by atoms with Gasteiger partial charge < -0.3 is 10.1 Å². The largest absolute Gasteiger partial charge is 0.486 e. The van der Waals surface area contributed by atoms with Gasteiger partial charge in [0.25, 0.3) is 5.91 Å². The quantitative estimate of drug-likeness (QED) is 0.243. The number of hydrogen-bond acceptors (Lipinski definition) is 3. The summed E-state index contributed by atoms with van der Waals surface area (Å²) in [6.45, 7) is 2.43. The third kappa shape index (κ3) is 6.24. The molecular weight excluding hydrogens is 552 g/mol. The van der Waals surface area contributed by atoms with E-state index in [1.54, 1.807) is 59.3 Å². The second-order valence-corrected chi connectivity index (χ2v) is 9.74. The zero-order valence-corrected chi connectivity index (χ0v) is 22.1. The minimum absolute atomic E-state index is 0.161. The number of benzene rings is 3. The molecule has 4 aromatic rings. The van der Waals surface area contributed by atoms with Crippen LogP contribution in [0.4, 0.5) is 5.82 Å². The van der Waals surface area contributed by atoms with Gasteiger partial charge in [0, 0.05) is 38.0 Å². The van der Waals surface area contributed by atoms with Crippen LogP contribution in [0, 0.1) is 6.92 Å². The predicted molar refractivity (Wildman–Crippen MR) is 143 cm³/mol. The molecule has 3 aromatic carbocycles. The fourth-order valence-corrected chi connectivity index (χ4v) is 4.82. The number of aryl methyl sites for hydroxylation is 1. The second-order valence-electron chi connectivity index (χ2n) is 7.67. The lowest BCUT2D eigenvalue weighted by atomic mass is 10.1. The van der Waals surface area contributed by atoms with Crippen LogP contribution < -0.4 is 10.1 Å². The maximum Gasteiger partial charge on any atom is 0.256 e. The zero-order valence-electron chi connectivity index (χ0n) is 18.3. The Hall–Kier alpha value is -2.41. The lowest BCUT2D eigenvalue weighted by molar-refractivity contribution is 0.102. The number of amides is 1. The number of carbonyl (C=O) groups is 1. The van der Waals surface area contributed by atoms with Crippen molar-refractivity contribution in [3.8, 4) is 5.75 Å². The molecule has 0 aliphatic rings. The van der Waals surface area contributed by atoms with E-state index >= 15 is 0 Å². The van der Waals surface area contributed by atoms with Crippen molar-refractivity contribution in [3.05, 3.63) is 108 Å². The average molecular weight is 570 g/mol. The number of rotatable bonds is 7. The number of halogens is 5. The highest BCUT2D eigenvalue weighted by molar-refractivity contribution is 6.40. The first-order valence-corrected chi connectivity index (χ1v) is 12.2. The maximum absolute atomic E-state index is 12.9. The van der Waals surface area contributed by atoms with Crippen molar-refractivity contribution >= 4 is 69.7 Å². The molecule has 1 heterocycles. The molecule has 0 fully saturated rings. The van der Waals surface area contributed by atoms with Gasteiger partial charge in [-0.2, -0.15) is 5.10 Å². The van der Waals surface area contributed by atoms with E-state index in [0.29, 0.717) is 48.8 Å². The molecule has 0 spiro atoms. The number of anilines is 1. The number of aromatic nitrogens is 2. The van der Waals surface area contributed by atoms with Crippen LogP contribution >= 0.6 is 58.0 Å². The minimum atomic E-state index is -0.310. The molecule has 0 saturated heterocycles. The number of carbonyl (C=O) groups excluding carboxylic acids is 1. The lowest BCUT2D eigenvalue weighted by Crippen LogP contribution is -2.13. The smallest absolute Gasteiger partial charge is 0.256 e. The van der Waals surface area contributed by atoms with Gasteiger partial charge in [0.2, 0.25) is 0 Å². The molecule has 1 aromatic heterocycles. The Balaban J connectivity index is 1.45. The van der Waals surface area contributed by atoms with Crippen molar-refractivity contribution in [1.82, 2.24) is 9.78 Å². The van der Waals surface area contributed by atoms with Crippen molar-refractivity contribution in [2.75, 3.05) is 5.32 Å². The van der Waals surface area contributed by atoms with E-state index in [2.05, 4.69) is 10.4 Å². The molecule has 0 unspecified atom stereocenters. The normalized spacial score (nSPS) is 10.9. The summed E-state index contributed by atoms with van der Waals surface area (Å²) in [6.07, 6.45) is 0. The van der Waals surface area contributed by atoms with Crippen molar-refractivity contribution < 1.29 is 9.53 Å². The fraction of sp³-hybridized carbons (Fsp3) is 0.120. The molecule has 35 heavy (non-hydrogen) atoms. The van der Waals surface area contributed by atoms with Gasteiger partial charge in [-0.15, -0.1) is 0 Å². The highest BCUT2D eigenvalue weighted by Gasteiger charge is 2.14. The number of ether oxygens (including phenoxy) is 1. The van der Waals surface area contributed by atoms with Crippen LogP contribution in [-0.4, -0.2) is 15.7 Å². The van der Waals surface area contributed by atoms with Crippen LogP contribution in [-0.2, 0) is 13.2 Å². The third-order valence-corrected chi connectivity index (χ3v) is 6.62. The van der Waals surface area contributed by atoms with E-state index in [0.717, 1.165) is 16.8 Å². The number of hydrogen-bond donors (Lipinski definition) is 1. The van der Waals surface area contributed by atoms with E-state index < -0.39 is 0 Å². The molecule has 1 N–H and O–H groups in total. The average Bonchev–Trinajstić information content (AvgIpc) is 3.14. The van der Waals surface area contributed by atoms with Crippen LogP contribution in [0.25, 0.3) is 0 Å². The van der Waals surface area contributed by atoms with Gasteiger partial charge in [0.05, 0.1) is 16.6 Å². The van der Waals surface area contributed by atoms with Gasteiger partial charge in [-0.05, 0) is 48.9 Å². The summed E-state index contributed by atoms with van der Waals surface area (Å²) in [5.41, 5.74) is 2.80. The fourth-order valence-electron chi connectivity index (χ4n) is 3.38. The summed E-state index contributed by atoms with van der Waals surface area (Å²) < 4.78 is 7.49. The molecule has 10 heteroatoms. The summed E-state index contributed by atoms with van der Waals surface area (Å²) in [5.74, 6) is 0.430. The maximum atomic E-state index is 12.9. The Morgan fingerprint density at radius 3 is 2.26 bits per heavy atom. The topological polar surface area (TPSA) is 56.1 Å². The first-order chi connectivity index (χ1) is 16.7.